The van der Waals surface area contributed by atoms with E-state index in [4.69, 9.17) is 0 Å². The van der Waals surface area contributed by atoms with Crippen LogP contribution < -0.4 is 5.32 Å². The van der Waals surface area contributed by atoms with Gasteiger partial charge in [0.1, 0.15) is 10.7 Å². The SMILES string of the molecule is Cl.O=S(=O)(c1cc(C(F)(F)F)ccc1F)N1CCNCC1. The van der Waals surface area contributed by atoms with Gasteiger partial charge in [-0.25, -0.2) is 12.8 Å². The van der Waals surface area contributed by atoms with Crippen molar-refractivity contribution in [1.29, 1.82) is 0 Å². The van der Waals surface area contributed by atoms with Gasteiger partial charge in [0.2, 0.25) is 10.0 Å². The molecule has 2 rings (SSSR count). The van der Waals surface area contributed by atoms with E-state index in [0.29, 0.717) is 31.3 Å². The molecule has 4 nitrogen and oxygen atoms in total. The van der Waals surface area contributed by atoms with Gasteiger partial charge in [-0.2, -0.15) is 17.5 Å². The summed E-state index contributed by atoms with van der Waals surface area (Å²) in [6, 6.07) is 1.39. The minimum atomic E-state index is -4.72. The van der Waals surface area contributed by atoms with Crippen LogP contribution in [0.5, 0.6) is 0 Å². The lowest BCUT2D eigenvalue weighted by atomic mass is 10.2. The van der Waals surface area contributed by atoms with Crippen LogP contribution in [0.25, 0.3) is 0 Å². The van der Waals surface area contributed by atoms with Crippen LogP contribution >= 0.6 is 12.4 Å². The van der Waals surface area contributed by atoms with E-state index in [0.717, 1.165) is 4.31 Å². The van der Waals surface area contributed by atoms with Crippen molar-refractivity contribution in [3.8, 4) is 0 Å². The highest BCUT2D eigenvalue weighted by Crippen LogP contribution is 2.32. The van der Waals surface area contributed by atoms with E-state index < -0.39 is 32.5 Å². The van der Waals surface area contributed by atoms with Crippen molar-refractivity contribution in [2.45, 2.75) is 11.1 Å². The fourth-order valence-electron chi connectivity index (χ4n) is 1.90. The van der Waals surface area contributed by atoms with Gasteiger partial charge in [0.05, 0.1) is 5.56 Å². The number of hydrogen-bond acceptors (Lipinski definition) is 3. The number of benzene rings is 1. The molecule has 1 aliphatic heterocycles. The summed E-state index contributed by atoms with van der Waals surface area (Å²) < 4.78 is 76.7. The van der Waals surface area contributed by atoms with Crippen molar-refractivity contribution in [1.82, 2.24) is 9.62 Å². The Morgan fingerprint density at radius 1 is 1.14 bits per heavy atom. The summed E-state index contributed by atoms with van der Waals surface area (Å²) >= 11 is 0. The molecule has 1 aliphatic rings. The second-order valence-electron chi connectivity index (χ2n) is 4.30. The summed E-state index contributed by atoms with van der Waals surface area (Å²) in [7, 11) is -4.26. The van der Waals surface area contributed by atoms with Crippen LogP contribution in [0.15, 0.2) is 23.1 Å². The van der Waals surface area contributed by atoms with E-state index in [9.17, 15) is 26.0 Å². The zero-order chi connectivity index (χ0) is 15.0. The number of sulfonamides is 1. The molecule has 1 saturated heterocycles. The second kappa shape index (κ2) is 6.47. The molecule has 1 aromatic rings. The average Bonchev–Trinajstić information content (AvgIpc) is 2.38. The molecule has 0 radical (unpaired) electrons. The third-order valence-corrected chi connectivity index (χ3v) is 4.87. The molecule has 1 aromatic carbocycles. The summed E-state index contributed by atoms with van der Waals surface area (Å²) in [5.74, 6) is -1.18. The molecule has 0 amide bonds. The maximum atomic E-state index is 13.6. The largest absolute Gasteiger partial charge is 0.416 e. The highest BCUT2D eigenvalue weighted by atomic mass is 35.5. The van der Waals surface area contributed by atoms with Crippen molar-refractivity contribution in [2.24, 2.45) is 0 Å². The van der Waals surface area contributed by atoms with Gasteiger partial charge < -0.3 is 5.32 Å². The molecule has 0 bridgehead atoms. The predicted octanol–water partition coefficient (Wildman–Crippen LogP) is 1.86. The highest BCUT2D eigenvalue weighted by Gasteiger charge is 2.35. The van der Waals surface area contributed by atoms with E-state index in [-0.39, 0.29) is 25.5 Å². The third kappa shape index (κ3) is 3.85. The topological polar surface area (TPSA) is 49.4 Å². The first kappa shape index (κ1) is 18.1. The summed E-state index contributed by atoms with van der Waals surface area (Å²) in [4.78, 5) is -0.936. The van der Waals surface area contributed by atoms with Crippen molar-refractivity contribution >= 4 is 22.4 Å². The maximum absolute atomic E-state index is 13.6. The Labute approximate surface area is 125 Å². The Kier molecular flexibility index (Phi) is 5.59. The number of rotatable bonds is 2. The van der Waals surface area contributed by atoms with E-state index in [1.807, 2.05) is 0 Å². The summed E-state index contributed by atoms with van der Waals surface area (Å²) in [6.07, 6.45) is -4.72. The minimum absolute atomic E-state index is 0. The van der Waals surface area contributed by atoms with Gasteiger partial charge in [-0.1, -0.05) is 0 Å². The molecule has 0 unspecified atom stereocenters. The van der Waals surface area contributed by atoms with Crippen LogP contribution in [0, 0.1) is 5.82 Å². The quantitative estimate of drug-likeness (QED) is 0.830. The smallest absolute Gasteiger partial charge is 0.314 e. The van der Waals surface area contributed by atoms with Crippen molar-refractivity contribution in [2.75, 3.05) is 26.2 Å². The van der Waals surface area contributed by atoms with Crippen LogP contribution in [0.1, 0.15) is 5.56 Å². The third-order valence-electron chi connectivity index (χ3n) is 2.95. The van der Waals surface area contributed by atoms with Crippen LogP contribution in [-0.4, -0.2) is 38.9 Å². The minimum Gasteiger partial charge on any atom is -0.314 e. The molecule has 21 heavy (non-hydrogen) atoms. The number of alkyl halides is 3. The first-order chi connectivity index (χ1) is 9.23. The lowest BCUT2D eigenvalue weighted by Gasteiger charge is -2.27. The van der Waals surface area contributed by atoms with Gasteiger partial charge in [-0.15, -0.1) is 12.4 Å². The zero-order valence-electron chi connectivity index (χ0n) is 10.7. The molecular formula is C11H13ClF4N2O2S. The number of piperazine rings is 1. The fraction of sp³-hybridized carbons (Fsp3) is 0.455. The monoisotopic (exact) mass is 348 g/mol. The average molecular weight is 349 g/mol. The number of nitrogens with one attached hydrogen (secondary N) is 1. The lowest BCUT2D eigenvalue weighted by molar-refractivity contribution is -0.137. The van der Waals surface area contributed by atoms with Gasteiger partial charge >= 0.3 is 6.18 Å². The van der Waals surface area contributed by atoms with E-state index >= 15 is 0 Å². The highest BCUT2D eigenvalue weighted by molar-refractivity contribution is 7.89. The molecule has 0 saturated carbocycles. The van der Waals surface area contributed by atoms with Gasteiger partial charge in [0.25, 0.3) is 0 Å². The van der Waals surface area contributed by atoms with E-state index in [1.165, 1.54) is 0 Å². The second-order valence-corrected chi connectivity index (χ2v) is 6.20. The molecule has 1 N–H and O–H groups in total. The molecule has 1 heterocycles. The number of halogens is 5. The van der Waals surface area contributed by atoms with E-state index in [2.05, 4.69) is 5.32 Å². The standard InChI is InChI=1S/C11H12F4N2O2S.ClH/c12-9-2-1-8(11(13,14)15)7-10(9)20(18,19)17-5-3-16-4-6-17;/h1-2,7,16H,3-6H2;1H. The first-order valence-electron chi connectivity index (χ1n) is 5.80. The summed E-state index contributed by atoms with van der Waals surface area (Å²) in [5.41, 5.74) is -1.19. The van der Waals surface area contributed by atoms with Crippen molar-refractivity contribution < 1.29 is 26.0 Å². The van der Waals surface area contributed by atoms with Gasteiger partial charge in [-0.3, -0.25) is 0 Å². The molecule has 0 aliphatic carbocycles. The van der Waals surface area contributed by atoms with E-state index in [1.54, 1.807) is 0 Å². The van der Waals surface area contributed by atoms with Crippen molar-refractivity contribution in [3.05, 3.63) is 29.6 Å². The Morgan fingerprint density at radius 2 is 1.71 bits per heavy atom. The van der Waals surface area contributed by atoms with Crippen molar-refractivity contribution in [3.63, 3.8) is 0 Å². The Balaban J connectivity index is 0.00000220. The van der Waals surface area contributed by atoms with Crippen LogP contribution in [-0.2, 0) is 16.2 Å². The Bertz CT molecular complexity index is 601. The number of hydrogen-bond donors (Lipinski definition) is 1. The zero-order valence-corrected chi connectivity index (χ0v) is 12.3. The number of nitrogens with zero attached hydrogens (tertiary/aromatic N) is 1. The van der Waals surface area contributed by atoms with Crippen LogP contribution in [0.2, 0.25) is 0 Å². The molecule has 0 aromatic heterocycles. The summed E-state index contributed by atoms with van der Waals surface area (Å²) in [6.45, 7) is 0.940. The lowest BCUT2D eigenvalue weighted by Crippen LogP contribution is -2.46. The molecule has 10 heteroatoms. The summed E-state index contributed by atoms with van der Waals surface area (Å²) in [5, 5.41) is 2.91. The van der Waals surface area contributed by atoms with Crippen LogP contribution in [0.3, 0.4) is 0 Å². The van der Waals surface area contributed by atoms with Gasteiger partial charge in [0, 0.05) is 26.2 Å². The molecule has 1 fully saturated rings. The van der Waals surface area contributed by atoms with Crippen LogP contribution in [0.4, 0.5) is 17.6 Å². The molecule has 0 spiro atoms. The predicted molar refractivity (Wildman–Crippen MR) is 70.3 cm³/mol. The first-order valence-corrected chi connectivity index (χ1v) is 7.24. The Morgan fingerprint density at radius 3 is 2.24 bits per heavy atom. The molecule has 0 atom stereocenters. The fourth-order valence-corrected chi connectivity index (χ4v) is 3.43. The van der Waals surface area contributed by atoms with Gasteiger partial charge in [-0.05, 0) is 18.2 Å². The van der Waals surface area contributed by atoms with Gasteiger partial charge in [0.15, 0.2) is 0 Å². The normalized spacial score (nSPS) is 17.3. The molecular weight excluding hydrogens is 336 g/mol. The molecule has 120 valence electrons. The maximum Gasteiger partial charge on any atom is 0.416 e. The Hall–Kier alpha value is -0.900.